The molecule has 0 unspecified atom stereocenters. The van der Waals surface area contributed by atoms with Crippen molar-refractivity contribution in [2.45, 2.75) is 81.4 Å². The lowest BCUT2D eigenvalue weighted by molar-refractivity contribution is 0.627. The van der Waals surface area contributed by atoms with Crippen LogP contribution >= 0.6 is 23.5 Å². The van der Waals surface area contributed by atoms with Crippen LogP contribution in [0.2, 0.25) is 0 Å². The molecule has 0 aliphatic heterocycles. The van der Waals surface area contributed by atoms with Gasteiger partial charge in [-0.2, -0.15) is 0 Å². The van der Waals surface area contributed by atoms with Crippen molar-refractivity contribution in [1.82, 2.24) is 0 Å². The highest BCUT2D eigenvalue weighted by molar-refractivity contribution is 7.99. The molecule has 2 rings (SSSR count). The first kappa shape index (κ1) is 22.4. The van der Waals surface area contributed by atoms with Gasteiger partial charge < -0.3 is 0 Å². The molecule has 2 aromatic carbocycles. The van der Waals surface area contributed by atoms with E-state index in [1.807, 2.05) is 23.5 Å². The largest absolute Gasteiger partial charge is 0.126 e. The molecule has 0 nitrogen and oxygen atoms in total. The Hall–Kier alpha value is -0.860. The van der Waals surface area contributed by atoms with Crippen molar-refractivity contribution in [3.05, 3.63) is 48.5 Å². The van der Waals surface area contributed by atoms with Gasteiger partial charge in [-0.05, 0) is 59.7 Å². The van der Waals surface area contributed by atoms with Crippen LogP contribution in [0.4, 0.5) is 0 Å². The summed E-state index contributed by atoms with van der Waals surface area (Å²) in [6, 6.07) is 18.2. The van der Waals surface area contributed by atoms with E-state index < -0.39 is 0 Å². The van der Waals surface area contributed by atoms with Gasteiger partial charge in [-0.25, -0.2) is 0 Å². The van der Waals surface area contributed by atoms with Crippen molar-refractivity contribution in [3.8, 4) is 11.1 Å². The van der Waals surface area contributed by atoms with Crippen LogP contribution in [0.1, 0.15) is 71.6 Å². The fraction of sp³-hybridized carbons (Fsp3) is 0.520. The summed E-state index contributed by atoms with van der Waals surface area (Å²) in [5.41, 5.74) is 2.64. The summed E-state index contributed by atoms with van der Waals surface area (Å²) in [4.78, 5) is 2.79. The van der Waals surface area contributed by atoms with Crippen LogP contribution in [0.25, 0.3) is 11.1 Å². The second-order valence-corrected chi connectivity index (χ2v) is 9.56. The van der Waals surface area contributed by atoms with Crippen molar-refractivity contribution >= 4 is 23.5 Å². The molecule has 2 heteroatoms. The fourth-order valence-electron chi connectivity index (χ4n) is 3.10. The van der Waals surface area contributed by atoms with E-state index in [4.69, 9.17) is 0 Å². The van der Waals surface area contributed by atoms with Gasteiger partial charge in [-0.3, -0.25) is 0 Å². The van der Waals surface area contributed by atoms with Crippen molar-refractivity contribution in [2.24, 2.45) is 0 Å². The molecular formula is C25H36S2. The summed E-state index contributed by atoms with van der Waals surface area (Å²) < 4.78 is 0. The van der Waals surface area contributed by atoms with Gasteiger partial charge in [0.15, 0.2) is 0 Å². The minimum Gasteiger partial charge on any atom is -0.126 e. The number of hydrogen-bond donors (Lipinski definition) is 0. The molecule has 0 bridgehead atoms. The third-order valence-corrected chi connectivity index (χ3v) is 7.02. The zero-order chi connectivity index (χ0) is 19.2. The lowest BCUT2D eigenvalue weighted by atomic mass is 10.1. The molecule has 0 spiro atoms. The summed E-state index contributed by atoms with van der Waals surface area (Å²) in [6.07, 6.45) is 12.2. The average molecular weight is 401 g/mol. The van der Waals surface area contributed by atoms with Crippen LogP contribution in [-0.2, 0) is 0 Å². The molecule has 0 aliphatic rings. The molecule has 27 heavy (non-hydrogen) atoms. The molecule has 0 N–H and O–H groups in total. The van der Waals surface area contributed by atoms with Gasteiger partial charge in [0, 0.05) is 9.79 Å². The molecule has 0 atom stereocenters. The van der Waals surface area contributed by atoms with Crippen LogP contribution in [0.3, 0.4) is 0 Å². The van der Waals surface area contributed by atoms with Crippen molar-refractivity contribution in [3.63, 3.8) is 0 Å². The minimum atomic E-state index is 1.23. The van der Waals surface area contributed by atoms with Crippen molar-refractivity contribution in [1.29, 1.82) is 0 Å². The number of rotatable bonds is 14. The van der Waals surface area contributed by atoms with Crippen molar-refractivity contribution < 1.29 is 0 Å². The molecule has 0 heterocycles. The SMILES string of the molecule is CCCCCCCCSc1ccc(-c2ccc(SCCCCC)cc2)cc1. The number of hydrogen-bond acceptors (Lipinski definition) is 2. The molecule has 0 aliphatic carbocycles. The molecule has 0 amide bonds. The van der Waals surface area contributed by atoms with E-state index in [-0.39, 0.29) is 0 Å². The van der Waals surface area contributed by atoms with Crippen LogP contribution in [0.5, 0.6) is 0 Å². The Bertz CT molecular complexity index is 601. The first-order valence-electron chi connectivity index (χ1n) is 10.8. The van der Waals surface area contributed by atoms with Gasteiger partial charge >= 0.3 is 0 Å². The Labute approximate surface area is 175 Å². The van der Waals surface area contributed by atoms with E-state index in [9.17, 15) is 0 Å². The van der Waals surface area contributed by atoms with E-state index in [1.54, 1.807) is 0 Å². The van der Waals surface area contributed by atoms with Gasteiger partial charge in [-0.1, -0.05) is 83.1 Å². The van der Waals surface area contributed by atoms with Gasteiger partial charge in [0.05, 0.1) is 0 Å². The normalized spacial score (nSPS) is 11.0. The Balaban J connectivity index is 1.72. The first-order valence-corrected chi connectivity index (χ1v) is 12.8. The van der Waals surface area contributed by atoms with E-state index in [1.165, 1.54) is 90.2 Å². The standard InChI is InChI=1S/C25H36S2/c1-3-5-7-8-9-11-21-27-25-18-14-23(15-19-25)22-12-16-24(17-13-22)26-20-10-6-4-2/h12-19H,3-11,20-21H2,1-2H3. The minimum absolute atomic E-state index is 1.23. The summed E-state index contributed by atoms with van der Waals surface area (Å²) in [5, 5.41) is 0. The molecule has 0 aromatic heterocycles. The van der Waals surface area contributed by atoms with Gasteiger partial charge in [0.25, 0.3) is 0 Å². The van der Waals surface area contributed by atoms with Crippen molar-refractivity contribution in [2.75, 3.05) is 11.5 Å². The Kier molecular flexibility index (Phi) is 11.8. The summed E-state index contributed by atoms with van der Waals surface area (Å²) >= 11 is 3.98. The predicted molar refractivity (Wildman–Crippen MR) is 126 cm³/mol. The Morgan fingerprint density at radius 3 is 1.33 bits per heavy atom. The maximum Gasteiger partial charge on any atom is 0.00723 e. The Morgan fingerprint density at radius 2 is 0.852 bits per heavy atom. The second kappa shape index (κ2) is 14.2. The van der Waals surface area contributed by atoms with Crippen LogP contribution < -0.4 is 0 Å². The maximum absolute atomic E-state index is 2.28. The highest BCUT2D eigenvalue weighted by atomic mass is 32.2. The molecule has 148 valence electrons. The topological polar surface area (TPSA) is 0 Å². The third kappa shape index (κ3) is 9.25. The first-order chi connectivity index (χ1) is 13.3. The van der Waals surface area contributed by atoms with E-state index in [2.05, 4.69) is 62.4 Å². The lowest BCUT2D eigenvalue weighted by Gasteiger charge is -2.06. The van der Waals surface area contributed by atoms with Crippen LogP contribution in [-0.4, -0.2) is 11.5 Å². The van der Waals surface area contributed by atoms with Gasteiger partial charge in [0.2, 0.25) is 0 Å². The van der Waals surface area contributed by atoms with E-state index >= 15 is 0 Å². The molecule has 0 fully saturated rings. The lowest BCUT2D eigenvalue weighted by Crippen LogP contribution is -1.84. The van der Waals surface area contributed by atoms with Crippen LogP contribution in [0, 0.1) is 0 Å². The van der Waals surface area contributed by atoms with Gasteiger partial charge in [0.1, 0.15) is 0 Å². The molecular weight excluding hydrogens is 364 g/mol. The smallest absolute Gasteiger partial charge is 0.00723 e. The number of unbranched alkanes of at least 4 members (excludes halogenated alkanes) is 7. The molecule has 0 saturated heterocycles. The Morgan fingerprint density at radius 1 is 0.481 bits per heavy atom. The highest BCUT2D eigenvalue weighted by Gasteiger charge is 2.01. The monoisotopic (exact) mass is 400 g/mol. The third-order valence-electron chi connectivity index (χ3n) is 4.83. The van der Waals surface area contributed by atoms with E-state index in [0.717, 1.165) is 0 Å². The highest BCUT2D eigenvalue weighted by Crippen LogP contribution is 2.27. The fourth-order valence-corrected chi connectivity index (χ4v) is 4.93. The zero-order valence-electron chi connectivity index (χ0n) is 17.2. The molecule has 0 radical (unpaired) electrons. The number of thioether (sulfide) groups is 2. The average Bonchev–Trinajstić information content (AvgIpc) is 2.71. The summed E-state index contributed by atoms with van der Waals surface area (Å²) in [7, 11) is 0. The quantitative estimate of drug-likeness (QED) is 0.229. The predicted octanol–water partition coefficient (Wildman–Crippen LogP) is 9.09. The summed E-state index contributed by atoms with van der Waals surface area (Å²) in [5.74, 6) is 2.48. The van der Waals surface area contributed by atoms with E-state index in [0.29, 0.717) is 0 Å². The summed E-state index contributed by atoms with van der Waals surface area (Å²) in [6.45, 7) is 4.54. The second-order valence-electron chi connectivity index (χ2n) is 7.22. The van der Waals surface area contributed by atoms with Gasteiger partial charge in [-0.15, -0.1) is 23.5 Å². The molecule has 0 saturated carbocycles. The number of benzene rings is 2. The maximum atomic E-state index is 2.28. The molecule has 2 aromatic rings. The zero-order valence-corrected chi connectivity index (χ0v) is 18.8. The van der Waals surface area contributed by atoms with Crippen LogP contribution in [0.15, 0.2) is 58.3 Å².